The highest BCUT2D eigenvalue weighted by Crippen LogP contribution is 2.24. The number of phenolic OH excluding ortho intramolecular Hbond substituents is 2. The van der Waals surface area contributed by atoms with Crippen molar-refractivity contribution < 1.29 is 19.9 Å². The van der Waals surface area contributed by atoms with Crippen molar-refractivity contribution in [2.45, 2.75) is 0 Å². The highest BCUT2D eigenvalue weighted by molar-refractivity contribution is 6.08. The predicted molar refractivity (Wildman–Crippen MR) is 76.2 cm³/mol. The number of allylic oxidation sites excluding steroid dienone is 1. The van der Waals surface area contributed by atoms with Crippen LogP contribution in [0.25, 0.3) is 6.08 Å². The second kappa shape index (κ2) is 5.87. The highest BCUT2D eigenvalue weighted by atomic mass is 16.6. The average molecular weight is 285 g/mol. The summed E-state index contributed by atoms with van der Waals surface area (Å²) in [6, 6.07) is 9.40. The number of ketones is 1. The topological polar surface area (TPSA) is 101 Å². The first-order valence-corrected chi connectivity index (χ1v) is 5.96. The van der Waals surface area contributed by atoms with Gasteiger partial charge in [0, 0.05) is 12.1 Å². The molecule has 6 heteroatoms. The van der Waals surface area contributed by atoms with Gasteiger partial charge in [-0.1, -0.05) is 18.2 Å². The zero-order valence-corrected chi connectivity index (χ0v) is 10.8. The van der Waals surface area contributed by atoms with Gasteiger partial charge in [-0.2, -0.15) is 0 Å². The second-order valence-electron chi connectivity index (χ2n) is 4.25. The minimum absolute atomic E-state index is 0.106. The Morgan fingerprint density at radius 2 is 1.76 bits per heavy atom. The number of nitro benzene ring substituents is 1. The molecule has 0 radical (unpaired) electrons. The van der Waals surface area contributed by atoms with Crippen LogP contribution in [0.1, 0.15) is 15.9 Å². The minimum atomic E-state index is -0.639. The molecule has 0 aliphatic rings. The molecular formula is C15H11NO5. The fourth-order valence-electron chi connectivity index (χ4n) is 1.68. The maximum atomic E-state index is 12.0. The number of aromatic hydroxyl groups is 2. The monoisotopic (exact) mass is 285 g/mol. The van der Waals surface area contributed by atoms with Crippen molar-refractivity contribution >= 4 is 17.5 Å². The number of phenols is 2. The van der Waals surface area contributed by atoms with E-state index in [0.29, 0.717) is 5.56 Å². The summed E-state index contributed by atoms with van der Waals surface area (Å²) in [5.41, 5.74) is 0.263. The lowest BCUT2D eigenvalue weighted by Gasteiger charge is -2.00. The van der Waals surface area contributed by atoms with Crippen LogP contribution in [0.2, 0.25) is 0 Å². The van der Waals surface area contributed by atoms with Crippen molar-refractivity contribution in [1.82, 2.24) is 0 Å². The summed E-state index contributed by atoms with van der Waals surface area (Å²) >= 11 is 0. The third kappa shape index (κ3) is 3.44. The summed E-state index contributed by atoms with van der Waals surface area (Å²) in [6.07, 6.45) is 2.69. The molecular weight excluding hydrogens is 274 g/mol. The quantitative estimate of drug-likeness (QED) is 0.389. The minimum Gasteiger partial charge on any atom is -0.508 e. The zero-order valence-electron chi connectivity index (χ0n) is 10.8. The van der Waals surface area contributed by atoms with Gasteiger partial charge in [0.25, 0.3) is 5.69 Å². The Hall–Kier alpha value is -3.15. The molecule has 0 spiro atoms. The van der Waals surface area contributed by atoms with E-state index in [9.17, 15) is 20.0 Å². The molecule has 0 bridgehead atoms. The van der Waals surface area contributed by atoms with Crippen LogP contribution < -0.4 is 0 Å². The van der Waals surface area contributed by atoms with Crippen molar-refractivity contribution in [3.8, 4) is 11.5 Å². The summed E-state index contributed by atoms with van der Waals surface area (Å²) in [5.74, 6) is -0.764. The van der Waals surface area contributed by atoms with Gasteiger partial charge in [-0.15, -0.1) is 0 Å². The lowest BCUT2D eigenvalue weighted by molar-refractivity contribution is -0.384. The molecule has 0 heterocycles. The molecule has 0 saturated heterocycles. The Balaban J connectivity index is 2.25. The molecule has 2 N–H and O–H groups in total. The smallest absolute Gasteiger partial charge is 0.270 e. The van der Waals surface area contributed by atoms with Crippen LogP contribution in [0.4, 0.5) is 5.69 Å². The molecule has 21 heavy (non-hydrogen) atoms. The first kappa shape index (κ1) is 14.3. The molecule has 2 aromatic carbocycles. The van der Waals surface area contributed by atoms with Gasteiger partial charge in [-0.05, 0) is 29.8 Å². The second-order valence-corrected chi connectivity index (χ2v) is 4.25. The zero-order chi connectivity index (χ0) is 15.4. The van der Waals surface area contributed by atoms with Gasteiger partial charge in [0.05, 0.1) is 10.5 Å². The molecule has 2 rings (SSSR count). The number of hydrogen-bond acceptors (Lipinski definition) is 5. The number of hydrogen-bond donors (Lipinski definition) is 2. The number of carbonyl (C=O) groups excluding carboxylic acids is 1. The molecule has 6 nitrogen and oxygen atoms in total. The maximum Gasteiger partial charge on any atom is 0.270 e. The molecule has 0 amide bonds. The van der Waals surface area contributed by atoms with Crippen LogP contribution in [0.3, 0.4) is 0 Å². The lowest BCUT2D eigenvalue weighted by Crippen LogP contribution is -1.97. The molecule has 0 unspecified atom stereocenters. The number of rotatable bonds is 4. The van der Waals surface area contributed by atoms with E-state index in [2.05, 4.69) is 0 Å². The number of nitrogens with zero attached hydrogens (tertiary/aromatic N) is 1. The van der Waals surface area contributed by atoms with Crippen LogP contribution in [-0.4, -0.2) is 20.9 Å². The van der Waals surface area contributed by atoms with E-state index in [1.165, 1.54) is 24.3 Å². The predicted octanol–water partition coefficient (Wildman–Crippen LogP) is 2.90. The third-order valence-corrected chi connectivity index (χ3v) is 2.78. The fourth-order valence-corrected chi connectivity index (χ4v) is 1.68. The summed E-state index contributed by atoms with van der Waals surface area (Å²) in [6.45, 7) is 0. The van der Waals surface area contributed by atoms with Gasteiger partial charge in [0.15, 0.2) is 5.78 Å². The Morgan fingerprint density at radius 1 is 1.10 bits per heavy atom. The molecule has 0 fully saturated rings. The van der Waals surface area contributed by atoms with Crippen molar-refractivity contribution in [1.29, 1.82) is 0 Å². The Kier molecular flexibility index (Phi) is 3.99. The number of benzene rings is 2. The van der Waals surface area contributed by atoms with Crippen molar-refractivity contribution in [3.05, 3.63) is 69.8 Å². The van der Waals surface area contributed by atoms with Crippen molar-refractivity contribution in [3.63, 3.8) is 0 Å². The molecule has 0 saturated carbocycles. The van der Waals surface area contributed by atoms with Crippen molar-refractivity contribution in [2.75, 3.05) is 0 Å². The number of non-ortho nitro benzene ring substituents is 1. The third-order valence-electron chi connectivity index (χ3n) is 2.78. The Labute approximate surface area is 119 Å². The standard InChI is InChI=1S/C15H11NO5/c17-12-5-1-10(2-6-12)3-7-14(18)13-9-11(16(20)21)4-8-15(13)19/h1-9,17,19H/b7-3+. The van der Waals surface area contributed by atoms with Gasteiger partial charge in [0.1, 0.15) is 11.5 Å². The van der Waals surface area contributed by atoms with Crippen LogP contribution in [0, 0.1) is 10.1 Å². The van der Waals surface area contributed by atoms with E-state index >= 15 is 0 Å². The molecule has 0 aliphatic heterocycles. The van der Waals surface area contributed by atoms with Crippen LogP contribution >= 0.6 is 0 Å². The first-order valence-electron chi connectivity index (χ1n) is 5.96. The number of nitro groups is 1. The maximum absolute atomic E-state index is 12.0. The van der Waals surface area contributed by atoms with Gasteiger partial charge in [0.2, 0.25) is 0 Å². The van der Waals surface area contributed by atoms with E-state index in [1.807, 2.05) is 0 Å². The average Bonchev–Trinajstić information content (AvgIpc) is 2.46. The van der Waals surface area contributed by atoms with Crippen molar-refractivity contribution in [2.24, 2.45) is 0 Å². The van der Waals surface area contributed by atoms with Gasteiger partial charge in [-0.25, -0.2) is 0 Å². The molecule has 0 aliphatic carbocycles. The van der Waals surface area contributed by atoms with Gasteiger partial charge in [-0.3, -0.25) is 14.9 Å². The van der Waals surface area contributed by atoms with E-state index in [4.69, 9.17) is 5.11 Å². The van der Waals surface area contributed by atoms with Gasteiger partial charge < -0.3 is 10.2 Å². The van der Waals surface area contributed by atoms with E-state index in [0.717, 1.165) is 18.2 Å². The SMILES string of the molecule is O=C(/C=C/c1ccc(O)cc1)c1cc([N+](=O)[O-])ccc1O. The fraction of sp³-hybridized carbons (Fsp3) is 0. The Morgan fingerprint density at radius 3 is 2.38 bits per heavy atom. The molecule has 2 aromatic rings. The van der Waals surface area contributed by atoms with Gasteiger partial charge >= 0.3 is 0 Å². The summed E-state index contributed by atoms with van der Waals surface area (Å²) in [7, 11) is 0. The summed E-state index contributed by atoms with van der Waals surface area (Å²) < 4.78 is 0. The molecule has 106 valence electrons. The first-order chi connectivity index (χ1) is 9.97. The van der Waals surface area contributed by atoms with Crippen LogP contribution in [-0.2, 0) is 0 Å². The number of carbonyl (C=O) groups is 1. The van der Waals surface area contributed by atoms with E-state index < -0.39 is 10.7 Å². The normalized spacial score (nSPS) is 10.7. The molecule has 0 atom stereocenters. The largest absolute Gasteiger partial charge is 0.508 e. The molecule has 0 aromatic heterocycles. The van der Waals surface area contributed by atoms with E-state index in [-0.39, 0.29) is 22.7 Å². The lowest BCUT2D eigenvalue weighted by atomic mass is 10.1. The summed E-state index contributed by atoms with van der Waals surface area (Å²) in [5, 5.41) is 29.4. The summed E-state index contributed by atoms with van der Waals surface area (Å²) in [4.78, 5) is 22.0. The Bertz CT molecular complexity index is 719. The highest BCUT2D eigenvalue weighted by Gasteiger charge is 2.14. The van der Waals surface area contributed by atoms with E-state index in [1.54, 1.807) is 12.1 Å². The van der Waals surface area contributed by atoms with Crippen LogP contribution in [0.5, 0.6) is 11.5 Å². The van der Waals surface area contributed by atoms with Crippen LogP contribution in [0.15, 0.2) is 48.5 Å².